The number of nitrogens with two attached hydrogens (primary N) is 1. The Hall–Kier alpha value is -1.23. The van der Waals surface area contributed by atoms with Gasteiger partial charge in [-0.3, -0.25) is 0 Å². The molecule has 96 valence electrons. The highest BCUT2D eigenvalue weighted by atomic mass is 19.4. The molecule has 2 unspecified atom stereocenters. The Balaban J connectivity index is 2.78. The van der Waals surface area contributed by atoms with E-state index in [2.05, 4.69) is 4.74 Å². The van der Waals surface area contributed by atoms with Crippen LogP contribution in [0.25, 0.3) is 0 Å². The molecule has 0 aromatic heterocycles. The molecule has 0 saturated heterocycles. The van der Waals surface area contributed by atoms with E-state index < -0.39 is 6.36 Å². The second kappa shape index (κ2) is 5.40. The summed E-state index contributed by atoms with van der Waals surface area (Å²) >= 11 is 0. The number of hydrogen-bond acceptors (Lipinski definition) is 2. The minimum absolute atomic E-state index is 0.0113. The summed E-state index contributed by atoms with van der Waals surface area (Å²) in [6, 6.07) is 6.03. The van der Waals surface area contributed by atoms with E-state index in [1.807, 2.05) is 13.8 Å². The van der Waals surface area contributed by atoms with Crippen LogP contribution in [0.3, 0.4) is 0 Å². The van der Waals surface area contributed by atoms with Gasteiger partial charge in [0.1, 0.15) is 5.75 Å². The fraction of sp³-hybridized carbons (Fsp3) is 0.500. The van der Waals surface area contributed by atoms with Gasteiger partial charge in [-0.1, -0.05) is 19.1 Å². The Morgan fingerprint density at radius 2 is 1.94 bits per heavy atom. The summed E-state index contributed by atoms with van der Waals surface area (Å²) in [5, 5.41) is 0. The third-order valence-electron chi connectivity index (χ3n) is 2.39. The van der Waals surface area contributed by atoms with Gasteiger partial charge >= 0.3 is 6.36 Å². The van der Waals surface area contributed by atoms with Crippen LogP contribution in [-0.2, 0) is 0 Å². The van der Waals surface area contributed by atoms with Crippen molar-refractivity contribution in [2.75, 3.05) is 0 Å². The molecule has 0 spiro atoms. The molecule has 0 aliphatic rings. The van der Waals surface area contributed by atoms with Gasteiger partial charge in [0.25, 0.3) is 0 Å². The second-order valence-electron chi connectivity index (χ2n) is 4.23. The topological polar surface area (TPSA) is 35.2 Å². The fourth-order valence-electron chi connectivity index (χ4n) is 1.71. The van der Waals surface area contributed by atoms with E-state index in [0.717, 1.165) is 12.0 Å². The van der Waals surface area contributed by atoms with Crippen LogP contribution in [0.5, 0.6) is 5.75 Å². The molecule has 0 amide bonds. The first-order valence-corrected chi connectivity index (χ1v) is 5.39. The summed E-state index contributed by atoms with van der Waals surface area (Å²) in [5.74, 6) is -0.0849. The van der Waals surface area contributed by atoms with E-state index in [1.165, 1.54) is 12.1 Å². The highest BCUT2D eigenvalue weighted by Gasteiger charge is 2.31. The first-order valence-electron chi connectivity index (χ1n) is 5.39. The minimum atomic E-state index is -4.65. The average Bonchev–Trinajstić information content (AvgIpc) is 2.14. The Morgan fingerprint density at radius 3 is 2.47 bits per heavy atom. The standard InChI is InChI=1S/C12H16F3NO/c1-8(6-9(2)16)10-4-3-5-11(7-10)17-12(13,14)15/h3-5,7-9H,6,16H2,1-2H3. The van der Waals surface area contributed by atoms with Gasteiger partial charge in [-0.05, 0) is 37.0 Å². The lowest BCUT2D eigenvalue weighted by Crippen LogP contribution is -2.18. The summed E-state index contributed by atoms with van der Waals surface area (Å²) in [4.78, 5) is 0. The maximum absolute atomic E-state index is 12.0. The molecular formula is C12H16F3NO. The normalized spacial score (nSPS) is 15.4. The van der Waals surface area contributed by atoms with E-state index in [-0.39, 0.29) is 17.7 Å². The number of alkyl halides is 3. The summed E-state index contributed by atoms with van der Waals surface area (Å²) < 4.78 is 40.0. The molecule has 1 aromatic carbocycles. The van der Waals surface area contributed by atoms with Crippen LogP contribution in [0.15, 0.2) is 24.3 Å². The molecule has 1 rings (SSSR count). The van der Waals surface area contributed by atoms with Gasteiger partial charge in [-0.25, -0.2) is 0 Å². The molecule has 0 fully saturated rings. The summed E-state index contributed by atoms with van der Waals surface area (Å²) in [6.45, 7) is 3.79. The minimum Gasteiger partial charge on any atom is -0.406 e. The van der Waals surface area contributed by atoms with Crippen molar-refractivity contribution in [2.45, 2.75) is 38.6 Å². The van der Waals surface area contributed by atoms with Gasteiger partial charge in [0, 0.05) is 6.04 Å². The smallest absolute Gasteiger partial charge is 0.406 e. The van der Waals surface area contributed by atoms with Crippen molar-refractivity contribution in [3.63, 3.8) is 0 Å². The van der Waals surface area contributed by atoms with E-state index in [9.17, 15) is 13.2 Å². The second-order valence-corrected chi connectivity index (χ2v) is 4.23. The van der Waals surface area contributed by atoms with Gasteiger partial charge < -0.3 is 10.5 Å². The number of ether oxygens (including phenoxy) is 1. The average molecular weight is 247 g/mol. The number of rotatable bonds is 4. The molecule has 0 aliphatic heterocycles. The number of halogens is 3. The zero-order valence-electron chi connectivity index (χ0n) is 9.79. The molecule has 17 heavy (non-hydrogen) atoms. The predicted molar refractivity (Wildman–Crippen MR) is 59.8 cm³/mol. The molecule has 2 N–H and O–H groups in total. The van der Waals surface area contributed by atoms with Gasteiger partial charge in [0.15, 0.2) is 0 Å². The molecule has 1 aromatic rings. The third kappa shape index (κ3) is 5.08. The van der Waals surface area contributed by atoms with E-state index in [1.54, 1.807) is 12.1 Å². The Labute approximate surface area is 98.6 Å². The van der Waals surface area contributed by atoms with Crippen molar-refractivity contribution in [1.82, 2.24) is 0 Å². The largest absolute Gasteiger partial charge is 0.573 e. The SMILES string of the molecule is CC(N)CC(C)c1cccc(OC(F)(F)F)c1. The first-order chi connectivity index (χ1) is 7.78. The van der Waals surface area contributed by atoms with Gasteiger partial charge in [0.2, 0.25) is 0 Å². The van der Waals surface area contributed by atoms with Crippen LogP contribution >= 0.6 is 0 Å². The van der Waals surface area contributed by atoms with Crippen molar-refractivity contribution in [3.8, 4) is 5.75 Å². The maximum Gasteiger partial charge on any atom is 0.573 e. The summed E-state index contributed by atoms with van der Waals surface area (Å²) in [6.07, 6.45) is -3.93. The fourth-order valence-corrected chi connectivity index (χ4v) is 1.71. The lowest BCUT2D eigenvalue weighted by Gasteiger charge is -2.16. The molecule has 0 aliphatic carbocycles. The predicted octanol–water partition coefficient (Wildman–Crippen LogP) is 3.43. The molecule has 0 heterocycles. The number of benzene rings is 1. The molecule has 0 bridgehead atoms. The molecular weight excluding hydrogens is 231 g/mol. The van der Waals surface area contributed by atoms with E-state index in [4.69, 9.17) is 5.73 Å². The van der Waals surface area contributed by atoms with Crippen LogP contribution in [-0.4, -0.2) is 12.4 Å². The number of hydrogen-bond donors (Lipinski definition) is 1. The van der Waals surface area contributed by atoms with E-state index in [0.29, 0.717) is 0 Å². The molecule has 0 saturated carbocycles. The first kappa shape index (κ1) is 13.8. The highest BCUT2D eigenvalue weighted by Crippen LogP contribution is 2.27. The maximum atomic E-state index is 12.0. The summed E-state index contributed by atoms with van der Waals surface area (Å²) in [7, 11) is 0. The van der Waals surface area contributed by atoms with Crippen LogP contribution in [0.2, 0.25) is 0 Å². The Morgan fingerprint density at radius 1 is 1.29 bits per heavy atom. The van der Waals surface area contributed by atoms with Crippen molar-refractivity contribution in [3.05, 3.63) is 29.8 Å². The van der Waals surface area contributed by atoms with Crippen molar-refractivity contribution >= 4 is 0 Å². The molecule has 2 nitrogen and oxygen atoms in total. The lowest BCUT2D eigenvalue weighted by atomic mass is 9.95. The Kier molecular flexibility index (Phi) is 4.40. The van der Waals surface area contributed by atoms with Crippen molar-refractivity contribution in [1.29, 1.82) is 0 Å². The van der Waals surface area contributed by atoms with Crippen molar-refractivity contribution in [2.24, 2.45) is 5.73 Å². The highest BCUT2D eigenvalue weighted by molar-refractivity contribution is 5.30. The molecule has 0 radical (unpaired) electrons. The Bertz CT molecular complexity index is 363. The van der Waals surface area contributed by atoms with E-state index >= 15 is 0 Å². The zero-order valence-corrected chi connectivity index (χ0v) is 9.79. The van der Waals surface area contributed by atoms with Gasteiger partial charge in [0.05, 0.1) is 0 Å². The molecule has 5 heteroatoms. The van der Waals surface area contributed by atoms with Gasteiger partial charge in [-0.2, -0.15) is 0 Å². The van der Waals surface area contributed by atoms with Crippen LogP contribution in [0.4, 0.5) is 13.2 Å². The van der Waals surface area contributed by atoms with Gasteiger partial charge in [-0.15, -0.1) is 13.2 Å². The monoisotopic (exact) mass is 247 g/mol. The third-order valence-corrected chi connectivity index (χ3v) is 2.39. The van der Waals surface area contributed by atoms with Crippen LogP contribution < -0.4 is 10.5 Å². The van der Waals surface area contributed by atoms with Crippen molar-refractivity contribution < 1.29 is 17.9 Å². The molecule has 2 atom stereocenters. The zero-order chi connectivity index (χ0) is 13.1. The van der Waals surface area contributed by atoms with Crippen LogP contribution in [0, 0.1) is 0 Å². The lowest BCUT2D eigenvalue weighted by molar-refractivity contribution is -0.274. The summed E-state index contributed by atoms with van der Waals surface area (Å²) in [5.41, 5.74) is 6.45. The quantitative estimate of drug-likeness (QED) is 0.884. The van der Waals surface area contributed by atoms with Crippen LogP contribution in [0.1, 0.15) is 31.7 Å².